The van der Waals surface area contributed by atoms with Crippen LogP contribution in [0.2, 0.25) is 0 Å². The number of halogens is 1. The molecule has 0 aliphatic rings. The molecule has 94 valence electrons. The number of nitrogens with two attached hydrogens (primary N) is 1. The van der Waals surface area contributed by atoms with Crippen LogP contribution in [0, 0.1) is 0 Å². The van der Waals surface area contributed by atoms with Gasteiger partial charge in [-0.25, -0.2) is 4.98 Å². The zero-order valence-corrected chi connectivity index (χ0v) is 11.1. The lowest BCUT2D eigenvalue weighted by Gasteiger charge is -1.98. The Bertz CT molecular complexity index is 554. The number of aromatic nitrogens is 2. The van der Waals surface area contributed by atoms with Crippen molar-refractivity contribution in [1.82, 2.24) is 9.97 Å². The van der Waals surface area contributed by atoms with E-state index in [-0.39, 0.29) is 6.61 Å². The van der Waals surface area contributed by atoms with E-state index in [2.05, 4.69) is 30.6 Å². The summed E-state index contributed by atoms with van der Waals surface area (Å²) in [6.07, 6.45) is 0.511. The third-order valence-electron chi connectivity index (χ3n) is 2.40. The molecule has 1 heterocycles. The average Bonchev–Trinajstić information content (AvgIpc) is 2.71. The maximum Gasteiger partial charge on any atom is 0.293 e. The van der Waals surface area contributed by atoms with Crippen LogP contribution < -0.4 is 5.73 Å². The Kier molecular flexibility index (Phi) is 3.99. The molecule has 0 unspecified atom stereocenters. The van der Waals surface area contributed by atoms with Crippen LogP contribution in [-0.4, -0.2) is 23.0 Å². The van der Waals surface area contributed by atoms with Gasteiger partial charge in [0, 0.05) is 16.5 Å². The van der Waals surface area contributed by atoms with Gasteiger partial charge in [-0.1, -0.05) is 28.1 Å². The number of nitrogen functional groups attached to an aromatic ring is 1. The summed E-state index contributed by atoms with van der Waals surface area (Å²) in [4.78, 5) is 17.4. The predicted molar refractivity (Wildman–Crippen MR) is 71.9 cm³/mol. The van der Waals surface area contributed by atoms with Gasteiger partial charge in [0.25, 0.3) is 6.47 Å². The fraction of sp³-hybridized carbons (Fsp3) is 0.167. The molecule has 0 aliphatic carbocycles. The van der Waals surface area contributed by atoms with Crippen LogP contribution in [0.5, 0.6) is 0 Å². The highest BCUT2D eigenvalue weighted by Crippen LogP contribution is 2.26. The number of hydrogen-bond donors (Lipinski definition) is 2. The second kappa shape index (κ2) is 5.68. The highest BCUT2D eigenvalue weighted by atomic mass is 79.9. The van der Waals surface area contributed by atoms with Gasteiger partial charge in [-0.05, 0) is 12.1 Å². The van der Waals surface area contributed by atoms with Crippen molar-refractivity contribution in [2.45, 2.75) is 6.42 Å². The van der Waals surface area contributed by atoms with Crippen molar-refractivity contribution in [3.8, 4) is 11.3 Å². The van der Waals surface area contributed by atoms with Gasteiger partial charge < -0.3 is 15.5 Å². The number of H-pyrrole nitrogens is 1. The van der Waals surface area contributed by atoms with Crippen LogP contribution in [0.3, 0.4) is 0 Å². The first kappa shape index (κ1) is 12.6. The lowest BCUT2D eigenvalue weighted by atomic mass is 10.1. The monoisotopic (exact) mass is 309 g/mol. The molecule has 0 atom stereocenters. The number of imidazole rings is 1. The van der Waals surface area contributed by atoms with Crippen molar-refractivity contribution in [3.63, 3.8) is 0 Å². The van der Waals surface area contributed by atoms with Gasteiger partial charge in [0.1, 0.15) is 17.3 Å². The van der Waals surface area contributed by atoms with E-state index in [0.717, 1.165) is 10.0 Å². The van der Waals surface area contributed by atoms with Gasteiger partial charge >= 0.3 is 0 Å². The van der Waals surface area contributed by atoms with E-state index in [9.17, 15) is 4.79 Å². The fourth-order valence-corrected chi connectivity index (χ4v) is 2.01. The molecule has 0 radical (unpaired) electrons. The van der Waals surface area contributed by atoms with Gasteiger partial charge in [0.15, 0.2) is 0 Å². The predicted octanol–water partition coefficient (Wildman–Crippen LogP) is 2.14. The summed E-state index contributed by atoms with van der Waals surface area (Å²) in [6.45, 7) is 0.704. The number of anilines is 1. The summed E-state index contributed by atoms with van der Waals surface area (Å²) in [7, 11) is 0. The van der Waals surface area contributed by atoms with Crippen molar-refractivity contribution in [2.24, 2.45) is 0 Å². The number of benzene rings is 1. The number of rotatable bonds is 5. The van der Waals surface area contributed by atoms with E-state index < -0.39 is 0 Å². The largest absolute Gasteiger partial charge is 0.467 e. The summed E-state index contributed by atoms with van der Waals surface area (Å²) in [5.41, 5.74) is 7.52. The second-order valence-electron chi connectivity index (χ2n) is 3.67. The Labute approximate surface area is 112 Å². The number of ether oxygens (including phenoxy) is 1. The van der Waals surface area contributed by atoms with Gasteiger partial charge in [0.05, 0.1) is 6.61 Å². The Morgan fingerprint density at radius 1 is 1.50 bits per heavy atom. The smallest absolute Gasteiger partial charge is 0.293 e. The number of aromatic amines is 1. The third kappa shape index (κ3) is 2.89. The standard InChI is InChI=1S/C12H12BrN3O2/c13-9-3-1-2-8(6-9)11-12(14)16-10(15-11)4-5-18-7-17/h1-3,6-7H,4-5,14H2,(H,15,16). The molecule has 1 aromatic heterocycles. The van der Waals surface area contributed by atoms with Crippen LogP contribution in [0.4, 0.5) is 5.82 Å². The maximum atomic E-state index is 10.0. The molecule has 0 fully saturated rings. The molecule has 18 heavy (non-hydrogen) atoms. The number of nitrogens with zero attached hydrogens (tertiary/aromatic N) is 1. The second-order valence-corrected chi connectivity index (χ2v) is 4.59. The van der Waals surface area contributed by atoms with Crippen molar-refractivity contribution in [3.05, 3.63) is 34.6 Å². The minimum Gasteiger partial charge on any atom is -0.467 e. The molecule has 0 amide bonds. The Morgan fingerprint density at radius 2 is 2.33 bits per heavy atom. The molecule has 5 nitrogen and oxygen atoms in total. The van der Waals surface area contributed by atoms with Crippen LogP contribution in [0.15, 0.2) is 28.7 Å². The van der Waals surface area contributed by atoms with E-state index >= 15 is 0 Å². The van der Waals surface area contributed by atoms with Crippen LogP contribution >= 0.6 is 15.9 Å². The van der Waals surface area contributed by atoms with Gasteiger partial charge in [-0.15, -0.1) is 0 Å². The van der Waals surface area contributed by atoms with Crippen LogP contribution in [0.25, 0.3) is 11.3 Å². The van der Waals surface area contributed by atoms with Crippen molar-refractivity contribution in [2.75, 3.05) is 12.3 Å². The Hall–Kier alpha value is -1.82. The lowest BCUT2D eigenvalue weighted by molar-refractivity contribution is -0.128. The number of carbonyl (C=O) groups excluding carboxylic acids is 1. The SMILES string of the molecule is Nc1[nH]c(CCOC=O)nc1-c1cccc(Br)c1. The zero-order valence-electron chi connectivity index (χ0n) is 9.52. The molecule has 2 rings (SSSR count). The molecule has 0 bridgehead atoms. The molecule has 0 aliphatic heterocycles. The molecular formula is C12H12BrN3O2. The summed E-state index contributed by atoms with van der Waals surface area (Å²) < 4.78 is 5.59. The lowest BCUT2D eigenvalue weighted by Crippen LogP contribution is -1.98. The topological polar surface area (TPSA) is 81.0 Å². The van der Waals surface area contributed by atoms with Crippen LogP contribution in [-0.2, 0) is 16.0 Å². The highest BCUT2D eigenvalue weighted by molar-refractivity contribution is 9.10. The fourth-order valence-electron chi connectivity index (χ4n) is 1.62. The normalized spacial score (nSPS) is 10.3. The molecule has 0 saturated heterocycles. The zero-order chi connectivity index (χ0) is 13.0. The molecule has 1 aromatic carbocycles. The molecule has 0 spiro atoms. The highest BCUT2D eigenvalue weighted by Gasteiger charge is 2.09. The Balaban J connectivity index is 2.21. The summed E-state index contributed by atoms with van der Waals surface area (Å²) in [5, 5.41) is 0. The summed E-state index contributed by atoms with van der Waals surface area (Å²) in [5.74, 6) is 1.21. The van der Waals surface area contributed by atoms with Crippen molar-refractivity contribution in [1.29, 1.82) is 0 Å². The van der Waals surface area contributed by atoms with Crippen LogP contribution in [0.1, 0.15) is 5.82 Å². The van der Waals surface area contributed by atoms with Crippen molar-refractivity contribution >= 4 is 28.2 Å². The van der Waals surface area contributed by atoms with E-state index in [1.165, 1.54) is 0 Å². The van der Waals surface area contributed by atoms with Crippen molar-refractivity contribution < 1.29 is 9.53 Å². The molecule has 6 heteroatoms. The average molecular weight is 310 g/mol. The number of nitrogens with one attached hydrogen (secondary N) is 1. The molecular weight excluding hydrogens is 298 g/mol. The maximum absolute atomic E-state index is 10.0. The summed E-state index contributed by atoms with van der Waals surface area (Å²) >= 11 is 3.40. The van der Waals surface area contributed by atoms with E-state index in [4.69, 9.17) is 5.73 Å². The number of carbonyl (C=O) groups is 1. The molecule has 3 N–H and O–H groups in total. The first-order valence-corrected chi connectivity index (χ1v) is 6.15. The van der Waals surface area contributed by atoms with Gasteiger partial charge in [-0.2, -0.15) is 0 Å². The number of hydrogen-bond acceptors (Lipinski definition) is 4. The third-order valence-corrected chi connectivity index (χ3v) is 2.90. The van der Waals surface area contributed by atoms with E-state index in [1.54, 1.807) is 0 Å². The van der Waals surface area contributed by atoms with Gasteiger partial charge in [0.2, 0.25) is 0 Å². The van der Waals surface area contributed by atoms with E-state index in [1.807, 2.05) is 24.3 Å². The first-order valence-electron chi connectivity index (χ1n) is 5.36. The van der Waals surface area contributed by atoms with E-state index in [0.29, 0.717) is 30.2 Å². The quantitative estimate of drug-likeness (QED) is 0.655. The minimum absolute atomic E-state index is 0.286. The molecule has 0 saturated carbocycles. The first-order chi connectivity index (χ1) is 8.70. The molecule has 2 aromatic rings. The summed E-state index contributed by atoms with van der Waals surface area (Å²) in [6, 6.07) is 7.73. The Morgan fingerprint density at radius 3 is 3.06 bits per heavy atom. The minimum atomic E-state index is 0.286. The van der Waals surface area contributed by atoms with Gasteiger partial charge in [-0.3, -0.25) is 4.79 Å².